The van der Waals surface area contributed by atoms with E-state index in [2.05, 4.69) is 15.6 Å². The number of rotatable bonds is 8. The molecule has 1 unspecified atom stereocenters. The second-order valence-corrected chi connectivity index (χ2v) is 4.52. The van der Waals surface area contributed by atoms with Crippen molar-refractivity contribution in [2.75, 3.05) is 40.5 Å². The molecule has 120 valence electrons. The molecule has 0 amide bonds. The Bertz CT molecular complexity index is 388. The topological polar surface area (TPSA) is 65.9 Å². The van der Waals surface area contributed by atoms with Gasteiger partial charge in [0.05, 0.1) is 6.61 Å². The first-order valence-corrected chi connectivity index (χ1v) is 6.91. The lowest BCUT2D eigenvalue weighted by atomic mass is 10.0. The van der Waals surface area contributed by atoms with Gasteiger partial charge in [-0.15, -0.1) is 24.0 Å². The van der Waals surface area contributed by atoms with Crippen molar-refractivity contribution in [2.24, 2.45) is 4.99 Å². The van der Waals surface area contributed by atoms with E-state index in [-0.39, 0.29) is 36.5 Å². The van der Waals surface area contributed by atoms with Gasteiger partial charge in [-0.3, -0.25) is 4.99 Å². The van der Waals surface area contributed by atoms with Crippen molar-refractivity contribution in [1.82, 2.24) is 10.6 Å². The quantitative estimate of drug-likeness (QED) is 0.265. The Morgan fingerprint density at radius 2 is 2.00 bits per heavy atom. The van der Waals surface area contributed by atoms with E-state index in [0.29, 0.717) is 6.54 Å². The molecule has 0 heterocycles. The summed E-state index contributed by atoms with van der Waals surface area (Å²) in [6.45, 7) is 2.29. The number of guanidine groups is 1. The number of aliphatic imine (C=N–C) groups is 1. The molecule has 0 spiro atoms. The highest BCUT2D eigenvalue weighted by atomic mass is 127. The van der Waals surface area contributed by atoms with Crippen LogP contribution < -0.4 is 10.6 Å². The minimum Gasteiger partial charge on any atom is -0.396 e. The van der Waals surface area contributed by atoms with E-state index in [9.17, 15) is 5.11 Å². The third kappa shape index (κ3) is 8.23. The minimum absolute atomic E-state index is 0. The lowest BCUT2D eigenvalue weighted by molar-refractivity contribution is 0.195. The standard InChI is InChI=1S/C15H25N3O2.HI/c1-16-15(17-9-6-10-20-2)18-11-14(12-19)13-7-4-3-5-8-13;/h3-5,7-8,14,19H,6,9-12H2,1-2H3,(H2,16,17,18);1H. The molecule has 0 bridgehead atoms. The van der Waals surface area contributed by atoms with Gasteiger partial charge >= 0.3 is 0 Å². The zero-order valence-corrected chi connectivity index (χ0v) is 15.0. The van der Waals surface area contributed by atoms with Crippen LogP contribution in [0, 0.1) is 0 Å². The molecule has 1 atom stereocenters. The molecule has 21 heavy (non-hydrogen) atoms. The summed E-state index contributed by atoms with van der Waals surface area (Å²) >= 11 is 0. The number of nitrogens with one attached hydrogen (secondary N) is 2. The molecular weight excluding hydrogens is 381 g/mol. The summed E-state index contributed by atoms with van der Waals surface area (Å²) in [4.78, 5) is 4.16. The maximum atomic E-state index is 9.49. The minimum atomic E-state index is 0. The third-order valence-corrected chi connectivity index (χ3v) is 3.05. The summed E-state index contributed by atoms with van der Waals surface area (Å²) in [7, 11) is 3.43. The van der Waals surface area contributed by atoms with E-state index in [1.165, 1.54) is 0 Å². The number of aliphatic hydroxyl groups excluding tert-OH is 1. The van der Waals surface area contributed by atoms with Crippen molar-refractivity contribution in [3.8, 4) is 0 Å². The number of benzene rings is 1. The smallest absolute Gasteiger partial charge is 0.191 e. The maximum absolute atomic E-state index is 9.49. The first kappa shape index (κ1) is 20.1. The SMILES string of the molecule is CN=C(NCCCOC)NCC(CO)c1ccccc1.I. The molecule has 0 radical (unpaired) electrons. The van der Waals surface area contributed by atoms with Crippen molar-refractivity contribution in [3.63, 3.8) is 0 Å². The van der Waals surface area contributed by atoms with Crippen LogP contribution in [0.3, 0.4) is 0 Å². The predicted molar refractivity (Wildman–Crippen MR) is 97.5 cm³/mol. The Kier molecular flexibility index (Phi) is 12.3. The number of hydrogen-bond donors (Lipinski definition) is 3. The highest BCUT2D eigenvalue weighted by Gasteiger charge is 2.10. The Morgan fingerprint density at radius 1 is 1.29 bits per heavy atom. The third-order valence-electron chi connectivity index (χ3n) is 3.05. The normalized spacial score (nSPS) is 12.4. The average Bonchev–Trinajstić information content (AvgIpc) is 2.51. The number of nitrogens with zero attached hydrogens (tertiary/aromatic N) is 1. The summed E-state index contributed by atoms with van der Waals surface area (Å²) < 4.78 is 5.00. The number of halogens is 1. The lowest BCUT2D eigenvalue weighted by Crippen LogP contribution is -2.40. The van der Waals surface area contributed by atoms with Crippen LogP contribution >= 0.6 is 24.0 Å². The van der Waals surface area contributed by atoms with E-state index >= 15 is 0 Å². The molecule has 0 aliphatic heterocycles. The molecule has 0 aliphatic carbocycles. The highest BCUT2D eigenvalue weighted by molar-refractivity contribution is 14.0. The lowest BCUT2D eigenvalue weighted by Gasteiger charge is -2.18. The van der Waals surface area contributed by atoms with Crippen LogP contribution in [0.25, 0.3) is 0 Å². The first-order chi connectivity index (χ1) is 9.81. The van der Waals surface area contributed by atoms with E-state index in [1.54, 1.807) is 14.2 Å². The Morgan fingerprint density at radius 3 is 2.57 bits per heavy atom. The second kappa shape index (κ2) is 12.8. The van der Waals surface area contributed by atoms with Crippen LogP contribution in [0.5, 0.6) is 0 Å². The first-order valence-electron chi connectivity index (χ1n) is 6.91. The molecule has 1 rings (SSSR count). The van der Waals surface area contributed by atoms with Gasteiger partial charge in [-0.2, -0.15) is 0 Å². The Balaban J connectivity index is 0.00000400. The van der Waals surface area contributed by atoms with Crippen LogP contribution in [0.2, 0.25) is 0 Å². The molecule has 1 aromatic rings. The number of aliphatic hydroxyl groups is 1. The highest BCUT2D eigenvalue weighted by Crippen LogP contribution is 2.13. The van der Waals surface area contributed by atoms with Gasteiger partial charge in [-0.05, 0) is 12.0 Å². The summed E-state index contributed by atoms with van der Waals surface area (Å²) in [6.07, 6.45) is 0.930. The second-order valence-electron chi connectivity index (χ2n) is 4.52. The van der Waals surface area contributed by atoms with Gasteiger partial charge in [0.2, 0.25) is 0 Å². The van der Waals surface area contributed by atoms with Gasteiger partial charge in [-0.1, -0.05) is 30.3 Å². The molecule has 0 aliphatic rings. The van der Waals surface area contributed by atoms with Crippen LogP contribution in [-0.4, -0.2) is 51.5 Å². The maximum Gasteiger partial charge on any atom is 0.191 e. The fraction of sp³-hybridized carbons (Fsp3) is 0.533. The van der Waals surface area contributed by atoms with Crippen LogP contribution in [0.15, 0.2) is 35.3 Å². The van der Waals surface area contributed by atoms with Gasteiger partial charge < -0.3 is 20.5 Å². The van der Waals surface area contributed by atoms with Gasteiger partial charge in [0.1, 0.15) is 0 Å². The molecule has 6 heteroatoms. The summed E-state index contributed by atoms with van der Waals surface area (Å²) in [6, 6.07) is 9.99. The monoisotopic (exact) mass is 407 g/mol. The molecular formula is C15H26IN3O2. The zero-order valence-electron chi connectivity index (χ0n) is 12.7. The predicted octanol–water partition coefficient (Wildman–Crippen LogP) is 1.58. The fourth-order valence-electron chi connectivity index (χ4n) is 1.88. The van der Waals surface area contributed by atoms with Crippen LogP contribution in [0.4, 0.5) is 0 Å². The summed E-state index contributed by atoms with van der Waals surface area (Å²) in [5, 5.41) is 15.9. The Hall–Kier alpha value is -0.860. The number of ether oxygens (including phenoxy) is 1. The summed E-state index contributed by atoms with van der Waals surface area (Å²) in [5.74, 6) is 0.809. The molecule has 0 saturated heterocycles. The van der Waals surface area contributed by atoms with E-state index in [0.717, 1.165) is 31.1 Å². The van der Waals surface area contributed by atoms with Crippen molar-refractivity contribution < 1.29 is 9.84 Å². The Labute approximate surface area is 144 Å². The van der Waals surface area contributed by atoms with Gasteiger partial charge in [0.25, 0.3) is 0 Å². The number of hydrogen-bond acceptors (Lipinski definition) is 3. The van der Waals surface area contributed by atoms with Crippen molar-refractivity contribution in [1.29, 1.82) is 0 Å². The molecule has 1 aromatic carbocycles. The molecule has 0 aromatic heterocycles. The zero-order chi connectivity index (χ0) is 14.6. The molecule has 5 nitrogen and oxygen atoms in total. The van der Waals surface area contributed by atoms with Gasteiger partial charge in [0.15, 0.2) is 5.96 Å². The van der Waals surface area contributed by atoms with Gasteiger partial charge in [-0.25, -0.2) is 0 Å². The fourth-order valence-corrected chi connectivity index (χ4v) is 1.88. The van der Waals surface area contributed by atoms with E-state index in [4.69, 9.17) is 4.74 Å². The van der Waals surface area contributed by atoms with Crippen LogP contribution in [-0.2, 0) is 4.74 Å². The van der Waals surface area contributed by atoms with E-state index in [1.807, 2.05) is 30.3 Å². The van der Waals surface area contributed by atoms with Crippen molar-refractivity contribution >= 4 is 29.9 Å². The molecule has 0 saturated carbocycles. The average molecular weight is 407 g/mol. The van der Waals surface area contributed by atoms with Gasteiger partial charge in [0, 0.05) is 39.8 Å². The van der Waals surface area contributed by atoms with Crippen molar-refractivity contribution in [3.05, 3.63) is 35.9 Å². The molecule has 0 fully saturated rings. The molecule has 3 N–H and O–H groups in total. The summed E-state index contributed by atoms with van der Waals surface area (Å²) in [5.41, 5.74) is 1.12. The number of methoxy groups -OCH3 is 1. The van der Waals surface area contributed by atoms with Crippen molar-refractivity contribution in [2.45, 2.75) is 12.3 Å². The van der Waals surface area contributed by atoms with E-state index < -0.39 is 0 Å². The largest absolute Gasteiger partial charge is 0.396 e. The van der Waals surface area contributed by atoms with Crippen LogP contribution in [0.1, 0.15) is 17.9 Å².